The molecule has 1 fully saturated rings. The van der Waals surface area contributed by atoms with Crippen molar-refractivity contribution in [3.8, 4) is 0 Å². The second-order valence-corrected chi connectivity index (χ2v) is 7.90. The second-order valence-electron chi connectivity index (χ2n) is 7.90. The van der Waals surface area contributed by atoms with E-state index < -0.39 is 0 Å². The Kier molecular flexibility index (Phi) is 6.59. The molecule has 2 rings (SSSR count). The van der Waals surface area contributed by atoms with Crippen molar-refractivity contribution in [3.05, 3.63) is 47.3 Å². The number of allylic oxidation sites excluding steroid dienone is 1. The first-order chi connectivity index (χ1) is 11.3. The number of likely N-dealkylation sites (tertiary alicyclic amines) is 1. The van der Waals surface area contributed by atoms with Gasteiger partial charge in [-0.15, -0.1) is 0 Å². The van der Waals surface area contributed by atoms with Crippen LogP contribution in [0.25, 0.3) is 0 Å². The summed E-state index contributed by atoms with van der Waals surface area (Å²) in [5.74, 6) is -0.171. The van der Waals surface area contributed by atoms with Crippen molar-refractivity contribution in [1.82, 2.24) is 4.90 Å². The number of benzene rings is 1. The highest BCUT2D eigenvalue weighted by atomic mass is 19.1. The van der Waals surface area contributed by atoms with Gasteiger partial charge in [-0.1, -0.05) is 37.6 Å². The minimum absolute atomic E-state index is 0.00940. The number of hydrogen-bond donors (Lipinski definition) is 0. The van der Waals surface area contributed by atoms with E-state index in [0.29, 0.717) is 12.1 Å². The van der Waals surface area contributed by atoms with Crippen LogP contribution in [0, 0.1) is 5.82 Å². The lowest BCUT2D eigenvalue weighted by molar-refractivity contribution is 0.0925. The molecule has 0 radical (unpaired) electrons. The van der Waals surface area contributed by atoms with Crippen LogP contribution in [0.1, 0.15) is 52.5 Å². The SMILES string of the molecule is COC[C@@H]1CCCN1[C@H](C=C(C)C)CC(C)(C)c1ccc(F)cc1. The van der Waals surface area contributed by atoms with E-state index >= 15 is 0 Å². The standard InChI is InChI=1S/C21H32FNO/c1-16(2)13-20(23-12-6-7-19(23)15-24-5)14-21(3,4)17-8-10-18(22)11-9-17/h8-11,13,19-20H,6-7,12,14-15H2,1-5H3/t19-,20+/m0/s1. The Morgan fingerprint density at radius 1 is 1.33 bits per heavy atom. The zero-order chi connectivity index (χ0) is 17.7. The monoisotopic (exact) mass is 333 g/mol. The van der Waals surface area contributed by atoms with Gasteiger partial charge in [-0.2, -0.15) is 0 Å². The quantitative estimate of drug-likeness (QED) is 0.655. The molecule has 0 aliphatic carbocycles. The molecule has 1 heterocycles. The number of nitrogens with zero attached hydrogens (tertiary/aromatic N) is 1. The third-order valence-electron chi connectivity index (χ3n) is 5.08. The summed E-state index contributed by atoms with van der Waals surface area (Å²) >= 11 is 0. The van der Waals surface area contributed by atoms with Crippen molar-refractivity contribution in [3.63, 3.8) is 0 Å². The van der Waals surface area contributed by atoms with Crippen molar-refractivity contribution in [2.45, 2.75) is 64.5 Å². The van der Waals surface area contributed by atoms with Crippen LogP contribution < -0.4 is 0 Å². The molecule has 0 aromatic heterocycles. The lowest BCUT2D eigenvalue weighted by Crippen LogP contribution is -2.43. The van der Waals surface area contributed by atoms with Gasteiger partial charge in [0.15, 0.2) is 0 Å². The van der Waals surface area contributed by atoms with Gasteiger partial charge in [0.05, 0.1) is 6.61 Å². The van der Waals surface area contributed by atoms with Crippen LogP contribution >= 0.6 is 0 Å². The molecule has 2 atom stereocenters. The topological polar surface area (TPSA) is 12.5 Å². The molecule has 0 amide bonds. The first-order valence-corrected chi connectivity index (χ1v) is 8.99. The van der Waals surface area contributed by atoms with Crippen LogP contribution in [0.15, 0.2) is 35.9 Å². The van der Waals surface area contributed by atoms with Crippen LogP contribution in [0.5, 0.6) is 0 Å². The second kappa shape index (κ2) is 8.26. The summed E-state index contributed by atoms with van der Waals surface area (Å²) in [7, 11) is 1.79. The Labute approximate surface area is 146 Å². The van der Waals surface area contributed by atoms with E-state index in [1.54, 1.807) is 19.2 Å². The van der Waals surface area contributed by atoms with E-state index in [-0.39, 0.29) is 11.2 Å². The van der Waals surface area contributed by atoms with E-state index in [2.05, 4.69) is 38.7 Å². The van der Waals surface area contributed by atoms with Crippen molar-refractivity contribution in [2.24, 2.45) is 0 Å². The zero-order valence-corrected chi connectivity index (χ0v) is 15.8. The highest BCUT2D eigenvalue weighted by molar-refractivity contribution is 5.25. The van der Waals surface area contributed by atoms with Crippen molar-refractivity contribution < 1.29 is 9.13 Å². The van der Waals surface area contributed by atoms with Gasteiger partial charge in [0.2, 0.25) is 0 Å². The zero-order valence-electron chi connectivity index (χ0n) is 15.8. The van der Waals surface area contributed by atoms with Crippen molar-refractivity contribution >= 4 is 0 Å². The molecule has 1 aromatic rings. The van der Waals surface area contributed by atoms with Gasteiger partial charge in [0, 0.05) is 19.2 Å². The van der Waals surface area contributed by atoms with Gasteiger partial charge in [-0.25, -0.2) is 4.39 Å². The highest BCUT2D eigenvalue weighted by Crippen LogP contribution is 2.33. The molecule has 24 heavy (non-hydrogen) atoms. The third kappa shape index (κ3) is 4.90. The fraction of sp³-hybridized carbons (Fsp3) is 0.619. The van der Waals surface area contributed by atoms with Crippen LogP contribution in [-0.2, 0) is 10.2 Å². The Balaban J connectivity index is 2.21. The number of hydrogen-bond acceptors (Lipinski definition) is 2. The minimum Gasteiger partial charge on any atom is -0.383 e. The summed E-state index contributed by atoms with van der Waals surface area (Å²) in [6.45, 7) is 10.8. The number of rotatable bonds is 7. The smallest absolute Gasteiger partial charge is 0.123 e. The molecular formula is C21H32FNO. The third-order valence-corrected chi connectivity index (χ3v) is 5.08. The molecule has 0 N–H and O–H groups in total. The molecule has 2 nitrogen and oxygen atoms in total. The highest BCUT2D eigenvalue weighted by Gasteiger charge is 2.33. The Hall–Kier alpha value is -1.19. The van der Waals surface area contributed by atoms with Gasteiger partial charge in [0.25, 0.3) is 0 Å². The van der Waals surface area contributed by atoms with E-state index in [9.17, 15) is 4.39 Å². The van der Waals surface area contributed by atoms with Crippen LogP contribution in [-0.4, -0.2) is 37.2 Å². The maximum Gasteiger partial charge on any atom is 0.123 e. The van der Waals surface area contributed by atoms with Gasteiger partial charge >= 0.3 is 0 Å². The number of halogens is 1. The minimum atomic E-state index is -0.171. The molecule has 0 spiro atoms. The lowest BCUT2D eigenvalue weighted by Gasteiger charge is -2.37. The molecule has 1 aromatic carbocycles. The summed E-state index contributed by atoms with van der Waals surface area (Å²) < 4.78 is 18.7. The normalized spacial score (nSPS) is 20.2. The molecule has 1 aliphatic heterocycles. The number of ether oxygens (including phenoxy) is 1. The molecule has 0 saturated carbocycles. The molecule has 0 unspecified atom stereocenters. The Morgan fingerprint density at radius 2 is 2.00 bits per heavy atom. The maximum atomic E-state index is 13.3. The summed E-state index contributed by atoms with van der Waals surface area (Å²) in [5, 5.41) is 0. The van der Waals surface area contributed by atoms with E-state index in [1.807, 2.05) is 12.1 Å². The summed E-state index contributed by atoms with van der Waals surface area (Å²) in [6, 6.07) is 7.86. The molecule has 1 saturated heterocycles. The van der Waals surface area contributed by atoms with Crippen molar-refractivity contribution in [2.75, 3.05) is 20.3 Å². The first kappa shape index (κ1) is 19.1. The fourth-order valence-corrected chi connectivity index (χ4v) is 3.86. The van der Waals surface area contributed by atoms with Crippen LogP contribution in [0.3, 0.4) is 0 Å². The molecular weight excluding hydrogens is 301 g/mol. The molecule has 0 bridgehead atoms. The molecule has 134 valence electrons. The summed E-state index contributed by atoms with van der Waals surface area (Å²) in [6.07, 6.45) is 5.85. The average molecular weight is 333 g/mol. The lowest BCUT2D eigenvalue weighted by atomic mass is 9.78. The Morgan fingerprint density at radius 3 is 2.58 bits per heavy atom. The van der Waals surface area contributed by atoms with E-state index in [0.717, 1.165) is 19.6 Å². The fourth-order valence-electron chi connectivity index (χ4n) is 3.86. The van der Waals surface area contributed by atoms with Gasteiger partial charge < -0.3 is 4.74 Å². The van der Waals surface area contributed by atoms with Gasteiger partial charge in [0.1, 0.15) is 5.82 Å². The van der Waals surface area contributed by atoms with Crippen LogP contribution in [0.4, 0.5) is 4.39 Å². The molecule has 1 aliphatic rings. The van der Waals surface area contributed by atoms with Gasteiger partial charge in [-0.05, 0) is 62.8 Å². The maximum absolute atomic E-state index is 13.3. The number of methoxy groups -OCH3 is 1. The predicted octanol–water partition coefficient (Wildman–Crippen LogP) is 4.94. The predicted molar refractivity (Wildman–Crippen MR) is 98.9 cm³/mol. The van der Waals surface area contributed by atoms with E-state index in [4.69, 9.17) is 4.74 Å². The van der Waals surface area contributed by atoms with E-state index in [1.165, 1.54) is 24.0 Å². The van der Waals surface area contributed by atoms with Gasteiger partial charge in [-0.3, -0.25) is 4.90 Å². The largest absolute Gasteiger partial charge is 0.383 e. The first-order valence-electron chi connectivity index (χ1n) is 8.99. The van der Waals surface area contributed by atoms with Crippen molar-refractivity contribution in [1.29, 1.82) is 0 Å². The summed E-state index contributed by atoms with van der Waals surface area (Å²) in [4.78, 5) is 2.60. The Bertz CT molecular complexity index is 545. The van der Waals surface area contributed by atoms with Crippen LogP contribution in [0.2, 0.25) is 0 Å². The average Bonchev–Trinajstić information content (AvgIpc) is 2.95. The molecule has 3 heteroatoms. The summed E-state index contributed by atoms with van der Waals surface area (Å²) in [5.41, 5.74) is 2.53.